The summed E-state index contributed by atoms with van der Waals surface area (Å²) in [6.45, 7) is 5.01. The van der Waals surface area contributed by atoms with Gasteiger partial charge in [0.15, 0.2) is 0 Å². The van der Waals surface area contributed by atoms with E-state index in [2.05, 4.69) is 59.5 Å². The van der Waals surface area contributed by atoms with Crippen LogP contribution in [0.1, 0.15) is 25.6 Å². The molecule has 4 heteroatoms. The molecule has 19 heavy (non-hydrogen) atoms. The molecule has 0 bridgehead atoms. The van der Waals surface area contributed by atoms with Crippen LogP contribution in [0, 0.1) is 0 Å². The minimum atomic E-state index is 0.408. The van der Waals surface area contributed by atoms with E-state index in [-0.39, 0.29) is 0 Å². The number of hydrogen-bond acceptors (Lipinski definition) is 3. The molecule has 0 atom stereocenters. The van der Waals surface area contributed by atoms with Gasteiger partial charge >= 0.3 is 0 Å². The summed E-state index contributed by atoms with van der Waals surface area (Å²) in [6.07, 6.45) is 2.03. The number of anilines is 2. The molecule has 4 nitrogen and oxygen atoms in total. The first kappa shape index (κ1) is 13.5. The van der Waals surface area contributed by atoms with Gasteiger partial charge < -0.3 is 10.2 Å². The molecule has 1 heterocycles. The minimum Gasteiger partial charge on any atom is -0.379 e. The fraction of sp³-hybridized carbons (Fsp3) is 0.400. The third-order valence-corrected chi connectivity index (χ3v) is 3.03. The van der Waals surface area contributed by atoms with Crippen LogP contribution in [-0.2, 0) is 6.54 Å². The van der Waals surface area contributed by atoms with Crippen LogP contribution in [-0.4, -0.2) is 23.9 Å². The molecule has 102 valence electrons. The van der Waals surface area contributed by atoms with Crippen molar-refractivity contribution in [2.45, 2.75) is 26.4 Å². The van der Waals surface area contributed by atoms with Crippen LogP contribution in [0.3, 0.4) is 0 Å². The zero-order chi connectivity index (χ0) is 13.8. The molecule has 0 aliphatic heterocycles. The highest BCUT2D eigenvalue weighted by atomic mass is 15.3. The normalized spacial score (nSPS) is 10.8. The van der Waals surface area contributed by atoms with Gasteiger partial charge in [-0.15, -0.1) is 0 Å². The number of hydrogen-bond donors (Lipinski definition) is 1. The third kappa shape index (κ3) is 3.50. The summed E-state index contributed by atoms with van der Waals surface area (Å²) in [5.74, 6) is 0. The number of nitrogens with zero attached hydrogens (tertiary/aromatic N) is 3. The van der Waals surface area contributed by atoms with Crippen LogP contribution in [0.25, 0.3) is 0 Å². The van der Waals surface area contributed by atoms with E-state index in [4.69, 9.17) is 0 Å². The zero-order valence-corrected chi connectivity index (χ0v) is 12.1. The predicted molar refractivity (Wildman–Crippen MR) is 80.7 cm³/mol. The molecular weight excluding hydrogens is 236 g/mol. The van der Waals surface area contributed by atoms with Gasteiger partial charge in [0.1, 0.15) is 0 Å². The maximum absolute atomic E-state index is 4.53. The van der Waals surface area contributed by atoms with Crippen molar-refractivity contribution in [2.24, 2.45) is 0 Å². The summed E-state index contributed by atoms with van der Waals surface area (Å²) in [5.41, 5.74) is 3.37. The van der Waals surface area contributed by atoms with Crippen LogP contribution in [0.5, 0.6) is 0 Å². The number of aromatic nitrogens is 2. The van der Waals surface area contributed by atoms with Crippen LogP contribution in [0.2, 0.25) is 0 Å². The summed E-state index contributed by atoms with van der Waals surface area (Å²) >= 11 is 0. The van der Waals surface area contributed by atoms with Gasteiger partial charge in [-0.05, 0) is 38.1 Å². The fourth-order valence-electron chi connectivity index (χ4n) is 1.85. The quantitative estimate of drug-likeness (QED) is 0.894. The van der Waals surface area contributed by atoms with Crippen molar-refractivity contribution in [1.82, 2.24) is 9.78 Å². The molecule has 0 saturated carbocycles. The van der Waals surface area contributed by atoms with Crippen molar-refractivity contribution in [1.29, 1.82) is 0 Å². The first-order valence-electron chi connectivity index (χ1n) is 6.61. The van der Waals surface area contributed by atoms with E-state index in [1.807, 2.05) is 25.0 Å². The Bertz CT molecular complexity index is 528. The Balaban J connectivity index is 1.99. The Hall–Kier alpha value is -1.97. The summed E-state index contributed by atoms with van der Waals surface area (Å²) in [5, 5.41) is 7.93. The monoisotopic (exact) mass is 258 g/mol. The predicted octanol–water partition coefficient (Wildman–Crippen LogP) is 3.14. The molecule has 1 N–H and O–H groups in total. The summed E-state index contributed by atoms with van der Waals surface area (Å²) in [4.78, 5) is 2.10. The molecule has 0 aliphatic rings. The fourth-order valence-corrected chi connectivity index (χ4v) is 1.85. The summed E-state index contributed by atoms with van der Waals surface area (Å²) in [6, 6.07) is 10.8. The molecular formula is C15H22N4. The maximum atomic E-state index is 4.53. The number of benzene rings is 1. The van der Waals surface area contributed by atoms with E-state index in [0.29, 0.717) is 6.04 Å². The molecule has 0 unspecified atom stereocenters. The average molecular weight is 258 g/mol. The van der Waals surface area contributed by atoms with E-state index in [0.717, 1.165) is 17.9 Å². The second kappa shape index (κ2) is 5.78. The molecule has 2 aromatic rings. The topological polar surface area (TPSA) is 33.1 Å². The lowest BCUT2D eigenvalue weighted by Crippen LogP contribution is -2.09. The average Bonchev–Trinajstić information content (AvgIpc) is 2.85. The lowest BCUT2D eigenvalue weighted by atomic mass is 10.2. The van der Waals surface area contributed by atoms with Gasteiger partial charge in [-0.3, -0.25) is 4.68 Å². The van der Waals surface area contributed by atoms with Gasteiger partial charge in [-0.1, -0.05) is 6.07 Å². The molecule has 0 amide bonds. The first-order chi connectivity index (χ1) is 9.06. The SMILES string of the molecule is CC(C)n1ccc(CNc2cccc(N(C)C)c2)n1. The van der Waals surface area contributed by atoms with Gasteiger partial charge in [0, 0.05) is 37.7 Å². The lowest BCUT2D eigenvalue weighted by molar-refractivity contribution is 0.527. The van der Waals surface area contributed by atoms with E-state index in [1.54, 1.807) is 0 Å². The van der Waals surface area contributed by atoms with Crippen molar-refractivity contribution < 1.29 is 0 Å². The molecule has 1 aromatic heterocycles. The smallest absolute Gasteiger partial charge is 0.0815 e. The van der Waals surface area contributed by atoms with E-state index < -0.39 is 0 Å². The Kier molecular flexibility index (Phi) is 4.10. The van der Waals surface area contributed by atoms with E-state index in [1.165, 1.54) is 5.69 Å². The maximum Gasteiger partial charge on any atom is 0.0815 e. The van der Waals surface area contributed by atoms with Crippen molar-refractivity contribution >= 4 is 11.4 Å². The highest BCUT2D eigenvalue weighted by Gasteiger charge is 2.02. The highest BCUT2D eigenvalue weighted by Crippen LogP contribution is 2.17. The van der Waals surface area contributed by atoms with Crippen molar-refractivity contribution in [3.63, 3.8) is 0 Å². The van der Waals surface area contributed by atoms with Crippen molar-refractivity contribution in [2.75, 3.05) is 24.3 Å². The van der Waals surface area contributed by atoms with Gasteiger partial charge in [-0.2, -0.15) is 5.10 Å². The van der Waals surface area contributed by atoms with Gasteiger partial charge in [0.25, 0.3) is 0 Å². The Morgan fingerprint density at radius 3 is 2.68 bits per heavy atom. The molecule has 0 aliphatic carbocycles. The van der Waals surface area contributed by atoms with Crippen LogP contribution < -0.4 is 10.2 Å². The number of nitrogens with one attached hydrogen (secondary N) is 1. The minimum absolute atomic E-state index is 0.408. The zero-order valence-electron chi connectivity index (χ0n) is 12.1. The highest BCUT2D eigenvalue weighted by molar-refractivity contribution is 5.57. The van der Waals surface area contributed by atoms with Crippen LogP contribution >= 0.6 is 0 Å². The second-order valence-electron chi connectivity index (χ2n) is 5.18. The van der Waals surface area contributed by atoms with Crippen LogP contribution in [0.15, 0.2) is 36.5 Å². The van der Waals surface area contributed by atoms with E-state index >= 15 is 0 Å². The molecule has 2 rings (SSSR count). The Morgan fingerprint density at radius 1 is 1.26 bits per heavy atom. The largest absolute Gasteiger partial charge is 0.379 e. The Labute approximate surface area is 115 Å². The summed E-state index contributed by atoms with van der Waals surface area (Å²) in [7, 11) is 4.09. The summed E-state index contributed by atoms with van der Waals surface area (Å²) < 4.78 is 1.98. The standard InChI is InChI=1S/C15H22N4/c1-12(2)19-9-8-14(17-19)11-16-13-6-5-7-15(10-13)18(3)4/h5-10,12,16H,11H2,1-4H3. The second-order valence-corrected chi connectivity index (χ2v) is 5.18. The Morgan fingerprint density at radius 2 is 2.05 bits per heavy atom. The van der Waals surface area contributed by atoms with Gasteiger partial charge in [0.2, 0.25) is 0 Å². The first-order valence-corrected chi connectivity index (χ1v) is 6.61. The molecule has 0 fully saturated rings. The molecule has 0 spiro atoms. The molecule has 0 saturated heterocycles. The van der Waals surface area contributed by atoms with Crippen molar-refractivity contribution in [3.05, 3.63) is 42.2 Å². The van der Waals surface area contributed by atoms with E-state index in [9.17, 15) is 0 Å². The number of rotatable bonds is 5. The van der Waals surface area contributed by atoms with Crippen molar-refractivity contribution in [3.8, 4) is 0 Å². The third-order valence-electron chi connectivity index (χ3n) is 3.03. The van der Waals surface area contributed by atoms with Gasteiger partial charge in [-0.25, -0.2) is 0 Å². The lowest BCUT2D eigenvalue weighted by Gasteiger charge is -2.14. The van der Waals surface area contributed by atoms with Gasteiger partial charge in [0.05, 0.1) is 12.2 Å². The molecule has 0 radical (unpaired) electrons. The van der Waals surface area contributed by atoms with Crippen LogP contribution in [0.4, 0.5) is 11.4 Å². The molecule has 1 aromatic carbocycles.